The molecule has 0 saturated carbocycles. The highest BCUT2D eigenvalue weighted by atomic mass is 16.5. The highest BCUT2D eigenvalue weighted by Gasteiger charge is 1.97. The van der Waals surface area contributed by atoms with Gasteiger partial charge in [0.1, 0.15) is 12.4 Å². The molecular weight excluding hydrogens is 208 g/mol. The molecule has 0 aliphatic carbocycles. The van der Waals surface area contributed by atoms with Crippen LogP contribution in [-0.2, 0) is 13.0 Å². The van der Waals surface area contributed by atoms with Gasteiger partial charge in [0.05, 0.1) is 0 Å². The van der Waals surface area contributed by atoms with E-state index in [4.69, 9.17) is 4.74 Å². The minimum atomic E-state index is 0.635. The van der Waals surface area contributed by atoms with Gasteiger partial charge in [0, 0.05) is 0 Å². The Labute approximate surface area is 103 Å². The SMILES string of the molecule is CCCc1cccc(OCc2ccccc2)c1. The van der Waals surface area contributed by atoms with Gasteiger partial charge in [-0.05, 0) is 29.7 Å². The Morgan fingerprint density at radius 2 is 1.65 bits per heavy atom. The summed E-state index contributed by atoms with van der Waals surface area (Å²) < 4.78 is 5.78. The predicted molar refractivity (Wildman–Crippen MR) is 71.2 cm³/mol. The van der Waals surface area contributed by atoms with Crippen molar-refractivity contribution in [1.29, 1.82) is 0 Å². The van der Waals surface area contributed by atoms with Crippen molar-refractivity contribution in [1.82, 2.24) is 0 Å². The largest absolute Gasteiger partial charge is 0.489 e. The van der Waals surface area contributed by atoms with Gasteiger partial charge in [0.2, 0.25) is 0 Å². The lowest BCUT2D eigenvalue weighted by atomic mass is 10.1. The molecule has 1 heteroatoms. The minimum Gasteiger partial charge on any atom is -0.489 e. The average Bonchev–Trinajstić information content (AvgIpc) is 2.39. The second-order valence-corrected chi connectivity index (χ2v) is 4.17. The van der Waals surface area contributed by atoms with E-state index in [-0.39, 0.29) is 0 Å². The normalized spacial score (nSPS) is 10.2. The van der Waals surface area contributed by atoms with Crippen molar-refractivity contribution in [2.45, 2.75) is 26.4 Å². The van der Waals surface area contributed by atoms with Crippen LogP contribution in [0.4, 0.5) is 0 Å². The van der Waals surface area contributed by atoms with Crippen LogP contribution in [0.15, 0.2) is 54.6 Å². The van der Waals surface area contributed by atoms with E-state index in [1.165, 1.54) is 17.5 Å². The van der Waals surface area contributed by atoms with Gasteiger partial charge in [-0.3, -0.25) is 0 Å². The van der Waals surface area contributed by atoms with E-state index in [0.717, 1.165) is 12.2 Å². The quantitative estimate of drug-likeness (QED) is 0.741. The van der Waals surface area contributed by atoms with Crippen molar-refractivity contribution in [3.8, 4) is 5.75 Å². The van der Waals surface area contributed by atoms with Crippen LogP contribution >= 0.6 is 0 Å². The second-order valence-electron chi connectivity index (χ2n) is 4.17. The van der Waals surface area contributed by atoms with Crippen LogP contribution in [0.1, 0.15) is 24.5 Å². The number of ether oxygens (including phenoxy) is 1. The molecule has 0 heterocycles. The van der Waals surface area contributed by atoms with E-state index in [2.05, 4.69) is 37.3 Å². The molecule has 88 valence electrons. The molecule has 0 amide bonds. The summed E-state index contributed by atoms with van der Waals surface area (Å²) in [5.41, 5.74) is 2.55. The van der Waals surface area contributed by atoms with E-state index in [9.17, 15) is 0 Å². The monoisotopic (exact) mass is 226 g/mol. The third-order valence-corrected chi connectivity index (χ3v) is 2.69. The Kier molecular flexibility index (Phi) is 4.20. The topological polar surface area (TPSA) is 9.23 Å². The summed E-state index contributed by atoms with van der Waals surface area (Å²) in [5.74, 6) is 0.958. The maximum absolute atomic E-state index is 5.78. The van der Waals surface area contributed by atoms with Gasteiger partial charge in [-0.2, -0.15) is 0 Å². The molecule has 0 spiro atoms. The third-order valence-electron chi connectivity index (χ3n) is 2.69. The van der Waals surface area contributed by atoms with Crippen molar-refractivity contribution in [2.75, 3.05) is 0 Å². The van der Waals surface area contributed by atoms with Gasteiger partial charge in [-0.25, -0.2) is 0 Å². The number of benzene rings is 2. The van der Waals surface area contributed by atoms with Crippen LogP contribution < -0.4 is 4.74 Å². The van der Waals surface area contributed by atoms with Crippen LogP contribution in [0.3, 0.4) is 0 Å². The summed E-state index contributed by atoms with van der Waals surface area (Å²) in [6.07, 6.45) is 2.28. The molecule has 0 saturated heterocycles. The highest BCUT2D eigenvalue weighted by Crippen LogP contribution is 2.16. The van der Waals surface area contributed by atoms with E-state index in [0.29, 0.717) is 6.61 Å². The van der Waals surface area contributed by atoms with Gasteiger partial charge in [-0.1, -0.05) is 55.8 Å². The van der Waals surface area contributed by atoms with E-state index < -0.39 is 0 Å². The standard InChI is InChI=1S/C16H18O/c1-2-7-14-10-6-11-16(12-14)17-13-15-8-4-3-5-9-15/h3-6,8-12H,2,7,13H2,1H3. The van der Waals surface area contributed by atoms with E-state index >= 15 is 0 Å². The molecule has 0 unspecified atom stereocenters. The van der Waals surface area contributed by atoms with Gasteiger partial charge in [0.25, 0.3) is 0 Å². The van der Waals surface area contributed by atoms with Gasteiger partial charge in [0.15, 0.2) is 0 Å². The van der Waals surface area contributed by atoms with Crippen LogP contribution in [0.5, 0.6) is 5.75 Å². The predicted octanol–water partition coefficient (Wildman–Crippen LogP) is 4.22. The summed E-state index contributed by atoms with van der Waals surface area (Å²) >= 11 is 0. The molecule has 0 N–H and O–H groups in total. The van der Waals surface area contributed by atoms with Crippen LogP contribution in [0, 0.1) is 0 Å². The lowest BCUT2D eigenvalue weighted by molar-refractivity contribution is 0.306. The smallest absolute Gasteiger partial charge is 0.120 e. The lowest BCUT2D eigenvalue weighted by Crippen LogP contribution is -1.95. The van der Waals surface area contributed by atoms with Gasteiger partial charge in [-0.15, -0.1) is 0 Å². The Hall–Kier alpha value is -1.76. The summed E-state index contributed by atoms with van der Waals surface area (Å²) in [6, 6.07) is 18.6. The molecule has 1 nitrogen and oxygen atoms in total. The second kappa shape index (κ2) is 6.09. The average molecular weight is 226 g/mol. The Morgan fingerprint density at radius 1 is 0.882 bits per heavy atom. The maximum atomic E-state index is 5.78. The fourth-order valence-corrected chi connectivity index (χ4v) is 1.82. The molecule has 0 aliphatic heterocycles. The van der Waals surface area contributed by atoms with Crippen LogP contribution in [0.2, 0.25) is 0 Å². The summed E-state index contributed by atoms with van der Waals surface area (Å²) in [7, 11) is 0. The maximum Gasteiger partial charge on any atom is 0.120 e. The molecule has 0 radical (unpaired) electrons. The molecule has 0 aromatic heterocycles. The molecule has 17 heavy (non-hydrogen) atoms. The van der Waals surface area contributed by atoms with Crippen LogP contribution in [0.25, 0.3) is 0 Å². The molecule has 2 aromatic carbocycles. The van der Waals surface area contributed by atoms with Crippen molar-refractivity contribution < 1.29 is 4.74 Å². The highest BCUT2D eigenvalue weighted by molar-refractivity contribution is 5.29. The van der Waals surface area contributed by atoms with Crippen LogP contribution in [-0.4, -0.2) is 0 Å². The Morgan fingerprint density at radius 3 is 2.41 bits per heavy atom. The van der Waals surface area contributed by atoms with Crippen molar-refractivity contribution in [3.63, 3.8) is 0 Å². The number of aryl methyl sites for hydroxylation is 1. The van der Waals surface area contributed by atoms with Gasteiger partial charge < -0.3 is 4.74 Å². The molecule has 0 fully saturated rings. The summed E-state index contributed by atoms with van der Waals surface area (Å²) in [6.45, 7) is 2.83. The molecule has 0 atom stereocenters. The zero-order chi connectivity index (χ0) is 11.9. The molecule has 2 rings (SSSR count). The first-order valence-electron chi connectivity index (χ1n) is 6.14. The zero-order valence-electron chi connectivity index (χ0n) is 10.2. The number of hydrogen-bond donors (Lipinski definition) is 0. The summed E-state index contributed by atoms with van der Waals surface area (Å²) in [4.78, 5) is 0. The lowest BCUT2D eigenvalue weighted by Gasteiger charge is -2.07. The van der Waals surface area contributed by atoms with Crippen molar-refractivity contribution >= 4 is 0 Å². The van der Waals surface area contributed by atoms with Crippen molar-refractivity contribution in [2.24, 2.45) is 0 Å². The molecule has 0 bridgehead atoms. The number of rotatable bonds is 5. The third kappa shape index (κ3) is 3.63. The Balaban J connectivity index is 1.97. The first-order valence-corrected chi connectivity index (χ1v) is 6.14. The number of hydrogen-bond acceptors (Lipinski definition) is 1. The Bertz CT molecular complexity index is 448. The zero-order valence-corrected chi connectivity index (χ0v) is 10.2. The minimum absolute atomic E-state index is 0.635. The van der Waals surface area contributed by atoms with Gasteiger partial charge >= 0.3 is 0 Å². The molecule has 0 aliphatic rings. The molecule has 2 aromatic rings. The summed E-state index contributed by atoms with van der Waals surface area (Å²) in [5, 5.41) is 0. The first kappa shape index (κ1) is 11.7. The fraction of sp³-hybridized carbons (Fsp3) is 0.250. The van der Waals surface area contributed by atoms with E-state index in [1.807, 2.05) is 24.3 Å². The van der Waals surface area contributed by atoms with E-state index in [1.54, 1.807) is 0 Å². The molecular formula is C16H18O. The van der Waals surface area contributed by atoms with Crippen molar-refractivity contribution in [3.05, 3.63) is 65.7 Å². The fourth-order valence-electron chi connectivity index (χ4n) is 1.82. The first-order chi connectivity index (χ1) is 8.38.